The van der Waals surface area contributed by atoms with Crippen molar-refractivity contribution in [2.75, 3.05) is 19.8 Å². The Bertz CT molecular complexity index is 259. The maximum absolute atomic E-state index is 11.6. The van der Waals surface area contributed by atoms with E-state index in [-0.39, 0.29) is 5.91 Å². The minimum absolute atomic E-state index is 0.261. The first kappa shape index (κ1) is 14.8. The summed E-state index contributed by atoms with van der Waals surface area (Å²) in [6.07, 6.45) is 1.77. The summed E-state index contributed by atoms with van der Waals surface area (Å²) in [7, 11) is 0. The van der Waals surface area contributed by atoms with Gasteiger partial charge in [0, 0.05) is 5.25 Å². The average molecular weight is 260 g/mol. The van der Waals surface area contributed by atoms with Crippen LogP contribution in [0.5, 0.6) is 0 Å². The summed E-state index contributed by atoms with van der Waals surface area (Å²) in [5.74, 6) is -0.261. The predicted octanol–water partition coefficient (Wildman–Crippen LogP) is 1.14. The molecule has 3 N–H and O–H groups in total. The van der Waals surface area contributed by atoms with Crippen molar-refractivity contribution >= 4 is 17.7 Å². The fraction of sp³-hybridized carbons (Fsp3) is 0.917. The van der Waals surface area contributed by atoms with E-state index in [9.17, 15) is 4.79 Å². The number of primary amides is 1. The van der Waals surface area contributed by atoms with Crippen molar-refractivity contribution in [1.82, 2.24) is 5.32 Å². The van der Waals surface area contributed by atoms with E-state index in [4.69, 9.17) is 10.5 Å². The molecule has 0 aromatic rings. The van der Waals surface area contributed by atoms with Crippen molar-refractivity contribution in [3.8, 4) is 0 Å². The highest BCUT2D eigenvalue weighted by molar-refractivity contribution is 8.00. The third-order valence-electron chi connectivity index (χ3n) is 3.04. The van der Waals surface area contributed by atoms with Gasteiger partial charge in [-0.05, 0) is 26.3 Å². The SMILES string of the molecule is CCCNC(C)(CC(C)SC1COC1)C(N)=O. The number of ether oxygens (including phenoxy) is 1. The molecule has 4 nitrogen and oxygen atoms in total. The number of hydrogen-bond acceptors (Lipinski definition) is 4. The third-order valence-corrected chi connectivity index (χ3v) is 4.33. The molecule has 0 spiro atoms. The molecule has 1 aliphatic rings. The van der Waals surface area contributed by atoms with Crippen LogP contribution in [0.4, 0.5) is 0 Å². The zero-order valence-corrected chi connectivity index (χ0v) is 11.8. The van der Waals surface area contributed by atoms with E-state index in [0.29, 0.717) is 10.5 Å². The van der Waals surface area contributed by atoms with Gasteiger partial charge in [-0.15, -0.1) is 0 Å². The monoisotopic (exact) mass is 260 g/mol. The molecule has 5 heteroatoms. The fourth-order valence-corrected chi connectivity index (χ4v) is 3.34. The number of nitrogens with one attached hydrogen (secondary N) is 1. The van der Waals surface area contributed by atoms with Crippen LogP contribution in [0.2, 0.25) is 0 Å². The van der Waals surface area contributed by atoms with Gasteiger partial charge in [-0.3, -0.25) is 4.79 Å². The number of rotatable bonds is 8. The van der Waals surface area contributed by atoms with Gasteiger partial charge >= 0.3 is 0 Å². The molecule has 1 aliphatic heterocycles. The number of amides is 1. The van der Waals surface area contributed by atoms with E-state index in [1.54, 1.807) is 0 Å². The van der Waals surface area contributed by atoms with E-state index < -0.39 is 5.54 Å². The average Bonchev–Trinajstić information content (AvgIpc) is 2.20. The summed E-state index contributed by atoms with van der Waals surface area (Å²) in [6.45, 7) is 8.63. The van der Waals surface area contributed by atoms with Crippen LogP contribution in [0.3, 0.4) is 0 Å². The first-order valence-corrected chi connectivity index (χ1v) is 7.20. The normalized spacial score (nSPS) is 21.6. The Morgan fingerprint density at radius 2 is 2.29 bits per heavy atom. The minimum atomic E-state index is -0.590. The number of thioether (sulfide) groups is 1. The lowest BCUT2D eigenvalue weighted by atomic mass is 9.95. The number of nitrogens with two attached hydrogens (primary N) is 1. The van der Waals surface area contributed by atoms with Crippen LogP contribution in [-0.4, -0.2) is 41.7 Å². The van der Waals surface area contributed by atoms with E-state index in [0.717, 1.165) is 32.6 Å². The molecule has 1 saturated heterocycles. The molecule has 0 aliphatic carbocycles. The van der Waals surface area contributed by atoms with E-state index in [2.05, 4.69) is 19.2 Å². The topological polar surface area (TPSA) is 64.3 Å². The van der Waals surface area contributed by atoms with Gasteiger partial charge < -0.3 is 15.8 Å². The Balaban J connectivity index is 2.43. The second-order valence-electron chi connectivity index (χ2n) is 4.93. The maximum Gasteiger partial charge on any atom is 0.237 e. The smallest absolute Gasteiger partial charge is 0.237 e. The molecule has 1 fully saturated rings. The molecule has 1 heterocycles. The van der Waals surface area contributed by atoms with Gasteiger partial charge in [0.25, 0.3) is 0 Å². The molecule has 17 heavy (non-hydrogen) atoms. The van der Waals surface area contributed by atoms with Crippen molar-refractivity contribution < 1.29 is 9.53 Å². The molecular weight excluding hydrogens is 236 g/mol. The highest BCUT2D eigenvalue weighted by Gasteiger charge is 2.33. The maximum atomic E-state index is 11.6. The van der Waals surface area contributed by atoms with Crippen molar-refractivity contribution in [3.05, 3.63) is 0 Å². The molecule has 0 aromatic carbocycles. The second kappa shape index (κ2) is 6.61. The fourth-order valence-electron chi connectivity index (χ4n) is 1.90. The molecule has 1 rings (SSSR count). The quantitative estimate of drug-likeness (QED) is 0.687. The van der Waals surface area contributed by atoms with Crippen molar-refractivity contribution in [3.63, 3.8) is 0 Å². The largest absolute Gasteiger partial charge is 0.379 e. The Hall–Kier alpha value is -0.260. The van der Waals surface area contributed by atoms with Gasteiger partial charge in [0.05, 0.1) is 24.0 Å². The molecule has 100 valence electrons. The Morgan fingerprint density at radius 3 is 2.71 bits per heavy atom. The van der Waals surface area contributed by atoms with E-state index >= 15 is 0 Å². The van der Waals surface area contributed by atoms with Gasteiger partial charge in [-0.2, -0.15) is 11.8 Å². The lowest BCUT2D eigenvalue weighted by Gasteiger charge is -2.33. The molecule has 0 saturated carbocycles. The highest BCUT2D eigenvalue weighted by Crippen LogP contribution is 2.28. The van der Waals surface area contributed by atoms with Gasteiger partial charge in [0.15, 0.2) is 0 Å². The van der Waals surface area contributed by atoms with Crippen LogP contribution in [0.15, 0.2) is 0 Å². The highest BCUT2D eigenvalue weighted by atomic mass is 32.2. The van der Waals surface area contributed by atoms with Gasteiger partial charge in [-0.1, -0.05) is 13.8 Å². The Morgan fingerprint density at radius 1 is 1.65 bits per heavy atom. The van der Waals surface area contributed by atoms with Crippen molar-refractivity contribution in [2.45, 2.75) is 49.7 Å². The van der Waals surface area contributed by atoms with Gasteiger partial charge in [0.1, 0.15) is 0 Å². The number of hydrogen-bond donors (Lipinski definition) is 2. The van der Waals surface area contributed by atoms with Crippen molar-refractivity contribution in [2.24, 2.45) is 5.73 Å². The number of carbonyl (C=O) groups excluding carboxylic acids is 1. The lowest BCUT2D eigenvalue weighted by molar-refractivity contribution is -0.124. The molecule has 2 unspecified atom stereocenters. The lowest BCUT2D eigenvalue weighted by Crippen LogP contribution is -2.54. The van der Waals surface area contributed by atoms with Crippen LogP contribution in [0.1, 0.15) is 33.6 Å². The summed E-state index contributed by atoms with van der Waals surface area (Å²) in [6, 6.07) is 0. The summed E-state index contributed by atoms with van der Waals surface area (Å²) >= 11 is 1.89. The minimum Gasteiger partial charge on any atom is -0.379 e. The van der Waals surface area contributed by atoms with Crippen LogP contribution >= 0.6 is 11.8 Å². The summed E-state index contributed by atoms with van der Waals surface area (Å²) in [4.78, 5) is 11.6. The van der Waals surface area contributed by atoms with Crippen LogP contribution in [-0.2, 0) is 9.53 Å². The second-order valence-corrected chi connectivity index (χ2v) is 6.68. The first-order valence-electron chi connectivity index (χ1n) is 6.26. The standard InChI is InChI=1S/C12H24N2O2S/c1-4-5-14-12(3,11(13)15)6-9(2)17-10-7-16-8-10/h9-10,14H,4-8H2,1-3H3,(H2,13,15). The molecule has 0 radical (unpaired) electrons. The van der Waals surface area contributed by atoms with Crippen LogP contribution in [0.25, 0.3) is 0 Å². The molecule has 2 atom stereocenters. The Labute approximate surface area is 108 Å². The van der Waals surface area contributed by atoms with Gasteiger partial charge in [-0.25, -0.2) is 0 Å². The van der Waals surface area contributed by atoms with Gasteiger partial charge in [0.2, 0.25) is 5.91 Å². The summed E-state index contributed by atoms with van der Waals surface area (Å²) < 4.78 is 5.15. The predicted molar refractivity (Wildman–Crippen MR) is 72.2 cm³/mol. The molecule has 1 amide bonds. The van der Waals surface area contributed by atoms with Crippen LogP contribution < -0.4 is 11.1 Å². The van der Waals surface area contributed by atoms with Crippen LogP contribution in [0, 0.1) is 0 Å². The number of carbonyl (C=O) groups is 1. The first-order chi connectivity index (χ1) is 7.98. The summed E-state index contributed by atoms with van der Waals surface area (Å²) in [5.41, 5.74) is 4.91. The third kappa shape index (κ3) is 4.48. The molecule has 0 bridgehead atoms. The molecular formula is C12H24N2O2S. The zero-order valence-electron chi connectivity index (χ0n) is 11.0. The van der Waals surface area contributed by atoms with Crippen molar-refractivity contribution in [1.29, 1.82) is 0 Å². The zero-order chi connectivity index (χ0) is 12.9. The van der Waals surface area contributed by atoms with E-state index in [1.165, 1.54) is 0 Å². The van der Waals surface area contributed by atoms with E-state index in [1.807, 2.05) is 18.7 Å². The molecule has 0 aromatic heterocycles. The summed E-state index contributed by atoms with van der Waals surface area (Å²) in [5, 5.41) is 4.27. The Kier molecular flexibility index (Phi) is 5.76.